The highest BCUT2D eigenvalue weighted by Crippen LogP contribution is 2.31. The Morgan fingerprint density at radius 2 is 2.00 bits per heavy atom. The van der Waals surface area contributed by atoms with E-state index in [0.717, 1.165) is 12.3 Å². The second-order valence-electron chi connectivity index (χ2n) is 4.03. The van der Waals surface area contributed by atoms with Crippen molar-refractivity contribution < 1.29 is 5.11 Å². The van der Waals surface area contributed by atoms with Crippen LogP contribution in [0.2, 0.25) is 0 Å². The zero-order chi connectivity index (χ0) is 8.27. The maximum absolute atomic E-state index is 9.67. The van der Waals surface area contributed by atoms with E-state index in [1.54, 1.807) is 0 Å². The van der Waals surface area contributed by atoms with Crippen LogP contribution in [0.25, 0.3) is 0 Å². The first-order valence-electron chi connectivity index (χ1n) is 4.92. The first kappa shape index (κ1) is 12.2. The molecule has 0 bridgehead atoms. The lowest BCUT2D eigenvalue weighted by Gasteiger charge is -2.31. The van der Waals surface area contributed by atoms with Crippen molar-refractivity contribution in [2.75, 3.05) is 0 Å². The molecular weight excluding hydrogens is 172 g/mol. The Kier molecular flexibility index (Phi) is 5.94. The molecule has 0 radical (unpaired) electrons. The molecule has 0 spiro atoms. The van der Waals surface area contributed by atoms with Gasteiger partial charge < -0.3 is 5.11 Å². The SMILES string of the molecule is CCCC1CCC(C)CC1O.Cl. The predicted molar refractivity (Wildman–Crippen MR) is 54.7 cm³/mol. The van der Waals surface area contributed by atoms with Crippen LogP contribution < -0.4 is 0 Å². The molecule has 0 heterocycles. The highest BCUT2D eigenvalue weighted by Gasteiger charge is 2.25. The molecular formula is C10H21ClO. The Bertz CT molecular complexity index is 116. The molecule has 0 aromatic rings. The number of halogens is 1. The first-order chi connectivity index (χ1) is 5.24. The van der Waals surface area contributed by atoms with Gasteiger partial charge in [0.1, 0.15) is 0 Å². The van der Waals surface area contributed by atoms with Crippen LogP contribution in [0.4, 0.5) is 0 Å². The molecule has 74 valence electrons. The van der Waals surface area contributed by atoms with Crippen molar-refractivity contribution >= 4 is 12.4 Å². The van der Waals surface area contributed by atoms with Crippen LogP contribution >= 0.6 is 12.4 Å². The van der Waals surface area contributed by atoms with Crippen LogP contribution in [-0.2, 0) is 0 Å². The third-order valence-corrected chi connectivity index (χ3v) is 2.88. The molecule has 1 fully saturated rings. The van der Waals surface area contributed by atoms with Crippen LogP contribution in [0.1, 0.15) is 46.0 Å². The monoisotopic (exact) mass is 192 g/mol. The smallest absolute Gasteiger partial charge is 0.0570 e. The van der Waals surface area contributed by atoms with E-state index in [-0.39, 0.29) is 18.5 Å². The van der Waals surface area contributed by atoms with E-state index >= 15 is 0 Å². The molecule has 0 aromatic heterocycles. The zero-order valence-corrected chi connectivity index (χ0v) is 8.94. The maximum atomic E-state index is 9.67. The van der Waals surface area contributed by atoms with E-state index in [4.69, 9.17) is 0 Å². The van der Waals surface area contributed by atoms with Gasteiger partial charge in [-0.15, -0.1) is 12.4 Å². The summed E-state index contributed by atoms with van der Waals surface area (Å²) < 4.78 is 0. The Balaban J connectivity index is 0.00000121. The second kappa shape index (κ2) is 5.82. The molecule has 0 amide bonds. The molecule has 1 nitrogen and oxygen atoms in total. The lowest BCUT2D eigenvalue weighted by atomic mass is 9.79. The summed E-state index contributed by atoms with van der Waals surface area (Å²) in [5.41, 5.74) is 0. The lowest BCUT2D eigenvalue weighted by Crippen LogP contribution is -2.28. The summed E-state index contributed by atoms with van der Waals surface area (Å²) in [6.45, 7) is 4.44. The summed E-state index contributed by atoms with van der Waals surface area (Å²) in [5.74, 6) is 1.36. The fourth-order valence-electron chi connectivity index (χ4n) is 2.12. The van der Waals surface area contributed by atoms with Crippen molar-refractivity contribution in [3.05, 3.63) is 0 Å². The highest BCUT2D eigenvalue weighted by molar-refractivity contribution is 5.85. The first-order valence-corrected chi connectivity index (χ1v) is 4.92. The highest BCUT2D eigenvalue weighted by atomic mass is 35.5. The minimum Gasteiger partial charge on any atom is -0.393 e. The van der Waals surface area contributed by atoms with Gasteiger partial charge in [0.15, 0.2) is 0 Å². The summed E-state index contributed by atoms with van der Waals surface area (Å²) in [4.78, 5) is 0. The standard InChI is InChI=1S/C10H20O.ClH/c1-3-4-9-6-5-8(2)7-10(9)11;/h8-11H,3-7H2,1-2H3;1H. The minimum atomic E-state index is -0.00120. The van der Waals surface area contributed by atoms with Crippen LogP contribution in [0.5, 0.6) is 0 Å². The van der Waals surface area contributed by atoms with Crippen molar-refractivity contribution in [2.45, 2.75) is 52.1 Å². The number of hydrogen-bond acceptors (Lipinski definition) is 1. The van der Waals surface area contributed by atoms with E-state index < -0.39 is 0 Å². The number of aliphatic hydroxyl groups excluding tert-OH is 1. The quantitative estimate of drug-likeness (QED) is 0.713. The van der Waals surface area contributed by atoms with E-state index in [1.165, 1.54) is 25.7 Å². The third-order valence-electron chi connectivity index (χ3n) is 2.88. The number of hydrogen-bond donors (Lipinski definition) is 1. The predicted octanol–water partition coefficient (Wildman–Crippen LogP) is 3.01. The molecule has 1 saturated carbocycles. The van der Waals surface area contributed by atoms with Crippen molar-refractivity contribution in [2.24, 2.45) is 11.8 Å². The lowest BCUT2D eigenvalue weighted by molar-refractivity contribution is 0.0444. The molecule has 1 aliphatic rings. The van der Waals surface area contributed by atoms with Crippen molar-refractivity contribution in [1.29, 1.82) is 0 Å². The van der Waals surface area contributed by atoms with E-state index in [2.05, 4.69) is 13.8 Å². The Morgan fingerprint density at radius 1 is 1.33 bits per heavy atom. The third kappa shape index (κ3) is 3.32. The van der Waals surface area contributed by atoms with E-state index in [9.17, 15) is 5.11 Å². The average molecular weight is 193 g/mol. The fraction of sp³-hybridized carbons (Fsp3) is 1.00. The normalized spacial score (nSPS) is 35.8. The molecule has 1 N–H and O–H groups in total. The summed E-state index contributed by atoms with van der Waals surface area (Å²) >= 11 is 0. The molecule has 1 aliphatic carbocycles. The van der Waals surface area contributed by atoms with Crippen molar-refractivity contribution in [1.82, 2.24) is 0 Å². The van der Waals surface area contributed by atoms with Gasteiger partial charge in [-0.25, -0.2) is 0 Å². The number of aliphatic hydroxyl groups is 1. The molecule has 2 heteroatoms. The van der Waals surface area contributed by atoms with Gasteiger partial charge in [0.05, 0.1) is 6.10 Å². The Labute approximate surface area is 82.0 Å². The molecule has 12 heavy (non-hydrogen) atoms. The van der Waals surface area contributed by atoms with Gasteiger partial charge in [-0.2, -0.15) is 0 Å². The molecule has 3 atom stereocenters. The van der Waals surface area contributed by atoms with Crippen molar-refractivity contribution in [3.63, 3.8) is 0 Å². The topological polar surface area (TPSA) is 20.2 Å². The van der Waals surface area contributed by atoms with Crippen LogP contribution in [0.15, 0.2) is 0 Å². The average Bonchev–Trinajstić information content (AvgIpc) is 1.95. The summed E-state index contributed by atoms with van der Waals surface area (Å²) in [7, 11) is 0. The fourth-order valence-corrected chi connectivity index (χ4v) is 2.12. The van der Waals surface area contributed by atoms with Crippen LogP contribution in [0, 0.1) is 11.8 Å². The number of rotatable bonds is 2. The maximum Gasteiger partial charge on any atom is 0.0570 e. The zero-order valence-electron chi connectivity index (χ0n) is 8.12. The van der Waals surface area contributed by atoms with E-state index in [0.29, 0.717) is 5.92 Å². The van der Waals surface area contributed by atoms with Gasteiger partial charge in [-0.1, -0.05) is 26.7 Å². The van der Waals surface area contributed by atoms with Crippen LogP contribution in [-0.4, -0.2) is 11.2 Å². The molecule has 0 aliphatic heterocycles. The largest absolute Gasteiger partial charge is 0.393 e. The molecule has 0 aromatic carbocycles. The summed E-state index contributed by atoms with van der Waals surface area (Å²) in [5, 5.41) is 9.67. The molecule has 1 rings (SSSR count). The van der Waals surface area contributed by atoms with Gasteiger partial charge in [-0.3, -0.25) is 0 Å². The molecule has 3 unspecified atom stereocenters. The van der Waals surface area contributed by atoms with Crippen LogP contribution in [0.3, 0.4) is 0 Å². The van der Waals surface area contributed by atoms with Gasteiger partial charge in [0.25, 0.3) is 0 Å². The molecule has 0 saturated heterocycles. The van der Waals surface area contributed by atoms with Gasteiger partial charge in [0.2, 0.25) is 0 Å². The Hall–Kier alpha value is 0.250. The summed E-state index contributed by atoms with van der Waals surface area (Å²) in [6.07, 6.45) is 6.03. The summed E-state index contributed by atoms with van der Waals surface area (Å²) in [6, 6.07) is 0. The van der Waals surface area contributed by atoms with E-state index in [1.807, 2.05) is 0 Å². The Morgan fingerprint density at radius 3 is 2.50 bits per heavy atom. The van der Waals surface area contributed by atoms with Gasteiger partial charge in [-0.05, 0) is 31.1 Å². The van der Waals surface area contributed by atoms with Gasteiger partial charge in [0, 0.05) is 0 Å². The minimum absolute atomic E-state index is 0. The van der Waals surface area contributed by atoms with Crippen molar-refractivity contribution in [3.8, 4) is 0 Å². The van der Waals surface area contributed by atoms with Gasteiger partial charge >= 0.3 is 0 Å². The second-order valence-corrected chi connectivity index (χ2v) is 4.03.